The first kappa shape index (κ1) is 14.7. The van der Waals surface area contributed by atoms with Crippen LogP contribution in [0.1, 0.15) is 23.7 Å². The van der Waals surface area contributed by atoms with Crippen LogP contribution >= 0.6 is 0 Å². The smallest absolute Gasteiger partial charge is 0.342 e. The zero-order valence-electron chi connectivity index (χ0n) is 11.5. The van der Waals surface area contributed by atoms with Crippen LogP contribution in [0.25, 0.3) is 0 Å². The summed E-state index contributed by atoms with van der Waals surface area (Å²) in [5.41, 5.74) is 0.600. The van der Waals surface area contributed by atoms with E-state index in [9.17, 15) is 9.59 Å². The third kappa shape index (κ3) is 3.23. The Morgan fingerprint density at radius 1 is 1.33 bits per heavy atom. The fourth-order valence-electron chi connectivity index (χ4n) is 1.87. The van der Waals surface area contributed by atoms with Gasteiger partial charge < -0.3 is 19.5 Å². The molecule has 1 aromatic carbocycles. The lowest BCUT2D eigenvalue weighted by molar-refractivity contribution is -0.115. The highest BCUT2D eigenvalue weighted by atomic mass is 16.6. The number of hydrogen-bond acceptors (Lipinski definition) is 6. The molecular weight excluding hydrogens is 276 g/mol. The zero-order chi connectivity index (χ0) is 15.2. The Kier molecular flexibility index (Phi) is 4.61. The molecule has 0 fully saturated rings. The van der Waals surface area contributed by atoms with E-state index >= 15 is 0 Å². The second-order valence-corrected chi connectivity index (χ2v) is 4.12. The molecule has 0 unspecified atom stereocenters. The predicted molar refractivity (Wildman–Crippen MR) is 72.2 cm³/mol. The Morgan fingerprint density at radius 2 is 2.05 bits per heavy atom. The van der Waals surface area contributed by atoms with Crippen molar-refractivity contribution in [3.8, 4) is 17.6 Å². The number of rotatable bonds is 4. The van der Waals surface area contributed by atoms with Crippen LogP contribution in [0.15, 0.2) is 12.1 Å². The molecule has 1 aliphatic heterocycles. The molecule has 0 saturated heterocycles. The maximum absolute atomic E-state index is 11.9. The summed E-state index contributed by atoms with van der Waals surface area (Å²) >= 11 is 0. The number of nitrogens with zero attached hydrogens (tertiary/aromatic N) is 1. The van der Waals surface area contributed by atoms with Crippen molar-refractivity contribution < 1.29 is 23.8 Å². The number of ether oxygens (including phenoxy) is 3. The van der Waals surface area contributed by atoms with Crippen molar-refractivity contribution in [1.82, 2.24) is 0 Å². The Balaban J connectivity index is 2.35. The fourth-order valence-corrected chi connectivity index (χ4v) is 1.87. The molecule has 0 spiro atoms. The molecule has 0 atom stereocenters. The van der Waals surface area contributed by atoms with E-state index in [0.717, 1.165) is 0 Å². The van der Waals surface area contributed by atoms with Crippen molar-refractivity contribution in [2.45, 2.75) is 13.3 Å². The van der Waals surface area contributed by atoms with Gasteiger partial charge in [0, 0.05) is 0 Å². The molecule has 7 nitrogen and oxygen atoms in total. The van der Waals surface area contributed by atoms with Gasteiger partial charge in [0.2, 0.25) is 5.91 Å². The third-order valence-corrected chi connectivity index (χ3v) is 2.70. The topological polar surface area (TPSA) is 97.7 Å². The highest BCUT2D eigenvalue weighted by Gasteiger charge is 2.25. The predicted octanol–water partition coefficient (Wildman–Crippen LogP) is 1.49. The lowest BCUT2D eigenvalue weighted by atomic mass is 10.1. The van der Waals surface area contributed by atoms with Gasteiger partial charge in [0.1, 0.15) is 25.2 Å². The second-order valence-electron chi connectivity index (χ2n) is 4.12. The van der Waals surface area contributed by atoms with Crippen LogP contribution in [0.2, 0.25) is 0 Å². The van der Waals surface area contributed by atoms with Crippen LogP contribution in [0.3, 0.4) is 0 Å². The maximum Gasteiger partial charge on any atom is 0.342 e. The molecule has 7 heteroatoms. The quantitative estimate of drug-likeness (QED) is 0.844. The number of amides is 1. The minimum Gasteiger partial charge on any atom is -0.485 e. The van der Waals surface area contributed by atoms with Gasteiger partial charge in [0.05, 0.1) is 18.4 Å². The van der Waals surface area contributed by atoms with Crippen LogP contribution in [0.4, 0.5) is 5.69 Å². The molecule has 1 amide bonds. The normalized spacial score (nSPS) is 12.2. The molecule has 0 aromatic heterocycles. The molecule has 0 saturated carbocycles. The van der Waals surface area contributed by atoms with Gasteiger partial charge in [-0.3, -0.25) is 4.79 Å². The average Bonchev–Trinajstić information content (AvgIpc) is 2.48. The Labute approximate surface area is 121 Å². The summed E-state index contributed by atoms with van der Waals surface area (Å²) in [4.78, 5) is 23.4. The number of fused-ring (bicyclic) bond motifs is 1. The van der Waals surface area contributed by atoms with Gasteiger partial charge in [-0.25, -0.2) is 4.79 Å². The van der Waals surface area contributed by atoms with E-state index in [1.165, 1.54) is 12.1 Å². The van der Waals surface area contributed by atoms with Crippen molar-refractivity contribution in [1.29, 1.82) is 5.26 Å². The van der Waals surface area contributed by atoms with Gasteiger partial charge in [-0.05, 0) is 19.1 Å². The Morgan fingerprint density at radius 3 is 2.71 bits per heavy atom. The molecular formula is C14H14N2O5. The average molecular weight is 290 g/mol. The molecule has 1 aliphatic rings. The third-order valence-electron chi connectivity index (χ3n) is 2.70. The van der Waals surface area contributed by atoms with Gasteiger partial charge in [0.25, 0.3) is 0 Å². The molecule has 1 N–H and O–H groups in total. The largest absolute Gasteiger partial charge is 0.485 e. The number of esters is 1. The van der Waals surface area contributed by atoms with Gasteiger partial charge >= 0.3 is 5.97 Å². The van der Waals surface area contributed by atoms with E-state index in [1.807, 2.05) is 0 Å². The van der Waals surface area contributed by atoms with Gasteiger partial charge in [-0.2, -0.15) is 5.26 Å². The van der Waals surface area contributed by atoms with Gasteiger partial charge in [0.15, 0.2) is 11.5 Å². The van der Waals surface area contributed by atoms with Crippen LogP contribution in [0, 0.1) is 11.3 Å². The van der Waals surface area contributed by atoms with E-state index in [4.69, 9.17) is 19.5 Å². The number of hydrogen-bond donors (Lipinski definition) is 1. The lowest BCUT2D eigenvalue weighted by Crippen LogP contribution is -2.21. The maximum atomic E-state index is 11.9. The zero-order valence-corrected chi connectivity index (χ0v) is 11.5. The van der Waals surface area contributed by atoms with E-state index in [0.29, 0.717) is 18.9 Å². The minimum atomic E-state index is -0.519. The second kappa shape index (κ2) is 6.61. The number of anilines is 1. The first-order valence-electron chi connectivity index (χ1n) is 6.44. The van der Waals surface area contributed by atoms with Crippen molar-refractivity contribution in [3.05, 3.63) is 17.7 Å². The van der Waals surface area contributed by atoms with Crippen LogP contribution in [-0.2, 0) is 9.53 Å². The summed E-state index contributed by atoms with van der Waals surface area (Å²) in [7, 11) is 0. The first-order chi connectivity index (χ1) is 10.2. The summed E-state index contributed by atoms with van der Waals surface area (Å²) in [6.07, 6.45) is -0.269. The van der Waals surface area contributed by atoms with Crippen molar-refractivity contribution >= 4 is 17.6 Å². The van der Waals surface area contributed by atoms with E-state index in [-0.39, 0.29) is 30.1 Å². The van der Waals surface area contributed by atoms with Crippen LogP contribution in [0.5, 0.6) is 11.5 Å². The number of nitriles is 1. The molecule has 1 heterocycles. The summed E-state index contributed by atoms with van der Waals surface area (Å²) in [6, 6.07) is 4.77. The summed E-state index contributed by atoms with van der Waals surface area (Å²) in [5.74, 6) is -0.459. The van der Waals surface area contributed by atoms with Gasteiger partial charge in [-0.15, -0.1) is 0 Å². The number of benzene rings is 1. The van der Waals surface area contributed by atoms with E-state index < -0.39 is 11.9 Å². The molecule has 0 bridgehead atoms. The van der Waals surface area contributed by atoms with Crippen molar-refractivity contribution in [2.24, 2.45) is 0 Å². The highest BCUT2D eigenvalue weighted by Crippen LogP contribution is 2.40. The summed E-state index contributed by atoms with van der Waals surface area (Å²) in [6.45, 7) is 2.56. The first-order valence-corrected chi connectivity index (χ1v) is 6.44. The van der Waals surface area contributed by atoms with E-state index in [1.54, 1.807) is 13.0 Å². The summed E-state index contributed by atoms with van der Waals surface area (Å²) in [5, 5.41) is 11.1. The van der Waals surface area contributed by atoms with Crippen LogP contribution < -0.4 is 14.8 Å². The minimum absolute atomic E-state index is 0.241. The van der Waals surface area contributed by atoms with Crippen molar-refractivity contribution in [2.75, 3.05) is 25.1 Å². The molecule has 0 aliphatic carbocycles. The van der Waals surface area contributed by atoms with E-state index in [2.05, 4.69) is 5.32 Å². The highest BCUT2D eigenvalue weighted by molar-refractivity contribution is 5.98. The fraction of sp³-hybridized carbons (Fsp3) is 0.357. The SMILES string of the molecule is CCOC(=O)c1ccc(NC(=O)CC#N)c2c1OCCO2. The van der Waals surface area contributed by atoms with Crippen molar-refractivity contribution in [3.63, 3.8) is 0 Å². The molecule has 0 radical (unpaired) electrons. The molecule has 2 rings (SSSR count). The number of nitrogens with one attached hydrogen (secondary N) is 1. The molecule has 1 aromatic rings. The number of carbonyl (C=O) groups is 2. The number of carbonyl (C=O) groups excluding carboxylic acids is 2. The monoisotopic (exact) mass is 290 g/mol. The lowest BCUT2D eigenvalue weighted by Gasteiger charge is -2.23. The summed E-state index contributed by atoms with van der Waals surface area (Å²) < 4.78 is 15.9. The Hall–Kier alpha value is -2.75. The van der Waals surface area contributed by atoms with Gasteiger partial charge in [-0.1, -0.05) is 0 Å². The van der Waals surface area contributed by atoms with Crippen LogP contribution in [-0.4, -0.2) is 31.7 Å². The molecule has 21 heavy (non-hydrogen) atoms. The standard InChI is InChI=1S/C14H14N2O5/c1-2-19-14(18)9-3-4-10(16-11(17)5-6-15)13-12(9)20-7-8-21-13/h3-4H,2,5,7-8H2,1H3,(H,16,17). The Bertz CT molecular complexity index is 606. The molecule has 110 valence electrons.